The van der Waals surface area contributed by atoms with Gasteiger partial charge in [0.2, 0.25) is 0 Å². The number of hydrogen-bond donors (Lipinski definition) is 2. The molecule has 1 amide bonds. The Morgan fingerprint density at radius 3 is 3.04 bits per heavy atom. The molecule has 0 unspecified atom stereocenters. The van der Waals surface area contributed by atoms with Crippen LogP contribution in [0.1, 0.15) is 49.4 Å². The molecule has 1 fully saturated rings. The predicted molar refractivity (Wildman–Crippen MR) is 91.4 cm³/mol. The molecule has 1 aromatic heterocycles. The van der Waals surface area contributed by atoms with Crippen LogP contribution in [0.15, 0.2) is 30.6 Å². The summed E-state index contributed by atoms with van der Waals surface area (Å²) in [7, 11) is 0. The molecule has 6 nitrogen and oxygen atoms in total. The average molecular weight is 328 g/mol. The molecule has 0 saturated carbocycles. The minimum atomic E-state index is -0.399. The van der Waals surface area contributed by atoms with Crippen molar-refractivity contribution in [2.45, 2.75) is 51.2 Å². The molecule has 24 heavy (non-hydrogen) atoms. The van der Waals surface area contributed by atoms with Gasteiger partial charge in [-0.1, -0.05) is 25.0 Å². The summed E-state index contributed by atoms with van der Waals surface area (Å²) < 4.78 is 0. The van der Waals surface area contributed by atoms with Crippen LogP contribution in [0.5, 0.6) is 0 Å². The Balaban J connectivity index is 1.84. The van der Waals surface area contributed by atoms with Gasteiger partial charge in [0.25, 0.3) is 5.91 Å². The molecule has 1 aromatic carbocycles. The van der Waals surface area contributed by atoms with E-state index in [9.17, 15) is 9.90 Å². The first-order valence-electron chi connectivity index (χ1n) is 8.60. The number of aliphatic hydroxyl groups excluding tert-OH is 1. The highest BCUT2D eigenvalue weighted by atomic mass is 16.3. The molecule has 128 valence electrons. The van der Waals surface area contributed by atoms with Crippen molar-refractivity contribution >= 4 is 5.91 Å². The van der Waals surface area contributed by atoms with Crippen molar-refractivity contribution in [3.05, 3.63) is 36.2 Å². The molecule has 2 aromatic rings. The van der Waals surface area contributed by atoms with Crippen LogP contribution >= 0.6 is 0 Å². The van der Waals surface area contributed by atoms with Gasteiger partial charge in [-0.05, 0) is 38.3 Å². The van der Waals surface area contributed by atoms with Crippen molar-refractivity contribution in [3.63, 3.8) is 0 Å². The van der Waals surface area contributed by atoms with Gasteiger partial charge in [0, 0.05) is 23.7 Å². The van der Waals surface area contributed by atoms with Gasteiger partial charge in [-0.3, -0.25) is 9.89 Å². The SMILES string of the molecule is C[C@@H](O)C[C@@H]1CCCCCN1C(=O)c1cccc(-c2ncn[nH]2)c1. The van der Waals surface area contributed by atoms with E-state index in [1.807, 2.05) is 29.2 Å². The first-order valence-corrected chi connectivity index (χ1v) is 8.60. The van der Waals surface area contributed by atoms with Gasteiger partial charge in [0.05, 0.1) is 6.10 Å². The summed E-state index contributed by atoms with van der Waals surface area (Å²) >= 11 is 0. The molecule has 2 N–H and O–H groups in total. The molecule has 0 aliphatic carbocycles. The van der Waals surface area contributed by atoms with Crippen LogP contribution in [-0.4, -0.2) is 49.8 Å². The highest BCUT2D eigenvalue weighted by Gasteiger charge is 2.27. The molecule has 3 rings (SSSR count). The van der Waals surface area contributed by atoms with E-state index in [0.717, 1.165) is 37.8 Å². The van der Waals surface area contributed by atoms with Crippen LogP contribution in [0.4, 0.5) is 0 Å². The molecule has 2 atom stereocenters. The highest BCUT2D eigenvalue weighted by molar-refractivity contribution is 5.95. The number of benzene rings is 1. The predicted octanol–water partition coefficient (Wildman–Crippen LogP) is 2.63. The Hall–Kier alpha value is -2.21. The number of rotatable bonds is 4. The molecule has 0 bridgehead atoms. The summed E-state index contributed by atoms with van der Waals surface area (Å²) in [6.45, 7) is 2.54. The fourth-order valence-corrected chi connectivity index (χ4v) is 3.39. The standard InChI is InChI=1S/C18H24N4O2/c1-13(23)10-16-8-3-2-4-9-22(16)18(24)15-7-5-6-14(11-15)17-19-12-20-21-17/h5-7,11-13,16,23H,2-4,8-10H2,1H3,(H,19,20,21)/t13-,16+/m1/s1. The lowest BCUT2D eigenvalue weighted by Crippen LogP contribution is -2.41. The Labute approximate surface area is 141 Å². The lowest BCUT2D eigenvalue weighted by Gasteiger charge is -2.31. The van der Waals surface area contributed by atoms with Crippen molar-refractivity contribution in [2.75, 3.05) is 6.54 Å². The van der Waals surface area contributed by atoms with Crippen LogP contribution < -0.4 is 0 Å². The topological polar surface area (TPSA) is 82.1 Å². The molecule has 6 heteroatoms. The molecular weight excluding hydrogens is 304 g/mol. The number of aromatic nitrogens is 3. The number of likely N-dealkylation sites (tertiary alicyclic amines) is 1. The van der Waals surface area contributed by atoms with Crippen LogP contribution in [-0.2, 0) is 0 Å². The van der Waals surface area contributed by atoms with Crippen LogP contribution in [0.3, 0.4) is 0 Å². The minimum Gasteiger partial charge on any atom is -0.393 e. The summed E-state index contributed by atoms with van der Waals surface area (Å²) in [5, 5.41) is 16.5. The van der Waals surface area contributed by atoms with Crippen molar-refractivity contribution in [3.8, 4) is 11.4 Å². The molecule has 1 saturated heterocycles. The van der Waals surface area contributed by atoms with E-state index < -0.39 is 6.10 Å². The second kappa shape index (κ2) is 7.57. The molecule has 1 aliphatic heterocycles. The number of carbonyl (C=O) groups excluding carboxylic acids is 1. The maximum Gasteiger partial charge on any atom is 0.254 e. The summed E-state index contributed by atoms with van der Waals surface area (Å²) in [5.74, 6) is 0.685. The van der Waals surface area contributed by atoms with Gasteiger partial charge < -0.3 is 10.0 Å². The van der Waals surface area contributed by atoms with Crippen LogP contribution in [0, 0.1) is 0 Å². The first kappa shape index (κ1) is 16.6. The summed E-state index contributed by atoms with van der Waals surface area (Å²) in [5.41, 5.74) is 1.50. The average Bonchev–Trinajstić information content (AvgIpc) is 3.02. The number of hydrogen-bond acceptors (Lipinski definition) is 4. The Bertz CT molecular complexity index is 669. The monoisotopic (exact) mass is 328 g/mol. The molecule has 1 aliphatic rings. The lowest BCUT2D eigenvalue weighted by molar-refractivity contribution is 0.0607. The smallest absolute Gasteiger partial charge is 0.254 e. The quantitative estimate of drug-likeness (QED) is 0.904. The lowest BCUT2D eigenvalue weighted by atomic mass is 10.0. The van der Waals surface area contributed by atoms with Gasteiger partial charge >= 0.3 is 0 Å². The number of carbonyl (C=O) groups is 1. The maximum absolute atomic E-state index is 13.1. The summed E-state index contributed by atoms with van der Waals surface area (Å²) in [6, 6.07) is 7.58. The van der Waals surface area contributed by atoms with Gasteiger partial charge in [0.15, 0.2) is 5.82 Å². The largest absolute Gasteiger partial charge is 0.393 e. The first-order chi connectivity index (χ1) is 11.6. The number of aromatic amines is 1. The Morgan fingerprint density at radius 1 is 1.42 bits per heavy atom. The second-order valence-electron chi connectivity index (χ2n) is 6.50. The van der Waals surface area contributed by atoms with Crippen molar-refractivity contribution in [2.24, 2.45) is 0 Å². The highest BCUT2D eigenvalue weighted by Crippen LogP contribution is 2.24. The van der Waals surface area contributed by atoms with Crippen LogP contribution in [0.25, 0.3) is 11.4 Å². The zero-order chi connectivity index (χ0) is 16.9. The number of amides is 1. The van der Waals surface area contributed by atoms with E-state index in [2.05, 4.69) is 15.2 Å². The van der Waals surface area contributed by atoms with Crippen molar-refractivity contribution in [1.29, 1.82) is 0 Å². The third-order valence-electron chi connectivity index (χ3n) is 4.55. The molecule has 0 radical (unpaired) electrons. The summed E-state index contributed by atoms with van der Waals surface area (Å²) in [6.07, 6.45) is 5.91. The van der Waals surface area contributed by atoms with Gasteiger partial charge in [-0.15, -0.1) is 0 Å². The minimum absolute atomic E-state index is 0.0314. The van der Waals surface area contributed by atoms with Crippen molar-refractivity contribution in [1.82, 2.24) is 20.1 Å². The zero-order valence-corrected chi connectivity index (χ0v) is 14.0. The van der Waals surface area contributed by atoms with Crippen LogP contribution in [0.2, 0.25) is 0 Å². The van der Waals surface area contributed by atoms with E-state index in [0.29, 0.717) is 17.8 Å². The van der Waals surface area contributed by atoms with Gasteiger partial charge in [-0.25, -0.2) is 4.98 Å². The number of aliphatic hydroxyl groups is 1. The number of nitrogens with zero attached hydrogens (tertiary/aromatic N) is 3. The molecular formula is C18H24N4O2. The maximum atomic E-state index is 13.1. The zero-order valence-electron chi connectivity index (χ0n) is 14.0. The normalized spacial score (nSPS) is 19.8. The fraction of sp³-hybridized carbons (Fsp3) is 0.500. The Morgan fingerprint density at radius 2 is 2.29 bits per heavy atom. The third-order valence-corrected chi connectivity index (χ3v) is 4.55. The van der Waals surface area contributed by atoms with Gasteiger partial charge in [0.1, 0.15) is 6.33 Å². The number of nitrogens with one attached hydrogen (secondary N) is 1. The second-order valence-corrected chi connectivity index (χ2v) is 6.50. The van der Waals surface area contributed by atoms with E-state index >= 15 is 0 Å². The third kappa shape index (κ3) is 3.82. The number of H-pyrrole nitrogens is 1. The fourth-order valence-electron chi connectivity index (χ4n) is 3.39. The van der Waals surface area contributed by atoms with E-state index in [1.54, 1.807) is 6.92 Å². The van der Waals surface area contributed by atoms with Crippen molar-refractivity contribution < 1.29 is 9.90 Å². The van der Waals surface area contributed by atoms with E-state index in [1.165, 1.54) is 6.33 Å². The summed E-state index contributed by atoms with van der Waals surface area (Å²) in [4.78, 5) is 19.2. The van der Waals surface area contributed by atoms with E-state index in [-0.39, 0.29) is 11.9 Å². The van der Waals surface area contributed by atoms with E-state index in [4.69, 9.17) is 0 Å². The molecule has 0 spiro atoms. The molecule has 2 heterocycles. The Kier molecular flexibility index (Phi) is 5.25. The van der Waals surface area contributed by atoms with Gasteiger partial charge in [-0.2, -0.15) is 5.10 Å².